The third kappa shape index (κ3) is 3.09. The van der Waals surface area contributed by atoms with Gasteiger partial charge < -0.3 is 10.6 Å². The van der Waals surface area contributed by atoms with Crippen LogP contribution < -0.4 is 10.6 Å². The van der Waals surface area contributed by atoms with E-state index in [4.69, 9.17) is 11.1 Å². The zero-order chi connectivity index (χ0) is 13.8. The molecule has 0 heterocycles. The molecule has 0 saturated heterocycles. The first-order valence-corrected chi connectivity index (χ1v) is 7.29. The first-order valence-electron chi connectivity index (χ1n) is 7.29. The highest BCUT2D eigenvalue weighted by Crippen LogP contribution is 2.32. The van der Waals surface area contributed by atoms with Gasteiger partial charge in [0.1, 0.15) is 5.84 Å². The summed E-state index contributed by atoms with van der Waals surface area (Å²) in [6.45, 7) is 2.29. The number of para-hydroxylation sites is 1. The maximum absolute atomic E-state index is 7.70. The Labute approximate surface area is 116 Å². The largest absolute Gasteiger partial charge is 0.384 e. The Morgan fingerprint density at radius 2 is 1.89 bits per heavy atom. The number of nitrogens with zero attached hydrogens (tertiary/aromatic N) is 1. The molecule has 3 N–H and O–H groups in total. The van der Waals surface area contributed by atoms with Gasteiger partial charge in [0.15, 0.2) is 0 Å². The molecule has 1 fully saturated rings. The van der Waals surface area contributed by atoms with Crippen LogP contribution in [0, 0.1) is 11.3 Å². The molecule has 1 aromatic carbocycles. The summed E-state index contributed by atoms with van der Waals surface area (Å²) in [4.78, 5) is 2.32. The van der Waals surface area contributed by atoms with Crippen molar-refractivity contribution in [3.63, 3.8) is 0 Å². The molecule has 1 aliphatic carbocycles. The molecule has 0 aromatic heterocycles. The molecule has 0 radical (unpaired) electrons. The minimum Gasteiger partial charge on any atom is -0.384 e. The molecule has 19 heavy (non-hydrogen) atoms. The van der Waals surface area contributed by atoms with E-state index in [0.29, 0.717) is 6.04 Å². The lowest BCUT2D eigenvalue weighted by atomic mass is 9.84. The summed E-state index contributed by atoms with van der Waals surface area (Å²) >= 11 is 0. The topological polar surface area (TPSA) is 53.1 Å². The van der Waals surface area contributed by atoms with Gasteiger partial charge in [-0.1, -0.05) is 25.5 Å². The predicted molar refractivity (Wildman–Crippen MR) is 81.9 cm³/mol. The highest BCUT2D eigenvalue weighted by Gasteiger charge is 2.24. The monoisotopic (exact) mass is 259 g/mol. The number of amidine groups is 1. The van der Waals surface area contributed by atoms with Gasteiger partial charge in [-0.15, -0.1) is 0 Å². The van der Waals surface area contributed by atoms with Gasteiger partial charge in [0.05, 0.1) is 0 Å². The first-order chi connectivity index (χ1) is 9.13. The molecule has 0 bridgehead atoms. The van der Waals surface area contributed by atoms with Crippen molar-refractivity contribution in [1.29, 1.82) is 5.41 Å². The fourth-order valence-electron chi connectivity index (χ4n) is 3.15. The van der Waals surface area contributed by atoms with Gasteiger partial charge in [-0.3, -0.25) is 5.41 Å². The first kappa shape index (κ1) is 13.9. The zero-order valence-electron chi connectivity index (χ0n) is 12.0. The Balaban J connectivity index is 2.12. The number of nitrogens with two attached hydrogens (primary N) is 1. The average Bonchev–Trinajstić information content (AvgIpc) is 2.46. The summed E-state index contributed by atoms with van der Waals surface area (Å²) in [5, 5.41) is 7.70. The Morgan fingerprint density at radius 1 is 1.26 bits per heavy atom. The third-order valence-electron chi connectivity index (χ3n) is 4.52. The normalized spacial score (nSPS) is 23.1. The predicted octanol–water partition coefficient (Wildman–Crippen LogP) is 3.38. The number of hydrogen-bond donors (Lipinski definition) is 2. The van der Waals surface area contributed by atoms with E-state index in [1.54, 1.807) is 0 Å². The molecule has 1 aromatic rings. The summed E-state index contributed by atoms with van der Waals surface area (Å²) in [5.41, 5.74) is 7.62. The number of benzene rings is 1. The smallest absolute Gasteiger partial charge is 0.124 e. The number of nitrogen functional groups attached to an aromatic ring is 1. The van der Waals surface area contributed by atoms with Gasteiger partial charge in [0, 0.05) is 24.3 Å². The Hall–Kier alpha value is -1.51. The summed E-state index contributed by atoms with van der Waals surface area (Å²) in [6, 6.07) is 8.57. The minimum absolute atomic E-state index is 0.157. The number of anilines is 1. The van der Waals surface area contributed by atoms with Crippen molar-refractivity contribution in [3.8, 4) is 0 Å². The van der Waals surface area contributed by atoms with Crippen molar-refractivity contribution < 1.29 is 0 Å². The van der Waals surface area contributed by atoms with Crippen LogP contribution in [0.4, 0.5) is 5.69 Å². The van der Waals surface area contributed by atoms with Crippen LogP contribution in [0.5, 0.6) is 0 Å². The van der Waals surface area contributed by atoms with Crippen molar-refractivity contribution in [2.75, 3.05) is 11.9 Å². The molecule has 0 aliphatic heterocycles. The summed E-state index contributed by atoms with van der Waals surface area (Å²) in [5.74, 6) is 1.07. The van der Waals surface area contributed by atoms with Crippen LogP contribution in [0.2, 0.25) is 0 Å². The molecule has 0 amide bonds. The van der Waals surface area contributed by atoms with E-state index >= 15 is 0 Å². The maximum atomic E-state index is 7.70. The number of nitrogens with one attached hydrogen (secondary N) is 1. The van der Waals surface area contributed by atoms with E-state index in [-0.39, 0.29) is 5.84 Å². The molecule has 0 unspecified atom stereocenters. The molecule has 2 rings (SSSR count). The lowest BCUT2D eigenvalue weighted by Gasteiger charge is -2.36. The van der Waals surface area contributed by atoms with Crippen LogP contribution >= 0.6 is 0 Å². The second kappa shape index (κ2) is 6.09. The van der Waals surface area contributed by atoms with Gasteiger partial charge in [-0.2, -0.15) is 0 Å². The van der Waals surface area contributed by atoms with Gasteiger partial charge in [0.25, 0.3) is 0 Å². The fourth-order valence-corrected chi connectivity index (χ4v) is 3.15. The SMILES string of the molecule is CCC1CCC(N(C)c2ccccc2C(=N)N)CC1. The van der Waals surface area contributed by atoms with Gasteiger partial charge in [0.2, 0.25) is 0 Å². The van der Waals surface area contributed by atoms with E-state index in [1.807, 2.05) is 18.2 Å². The number of rotatable bonds is 4. The van der Waals surface area contributed by atoms with Crippen LogP contribution in [0.25, 0.3) is 0 Å². The zero-order valence-corrected chi connectivity index (χ0v) is 12.0. The molecular formula is C16H25N3. The van der Waals surface area contributed by atoms with Crippen molar-refractivity contribution in [2.45, 2.75) is 45.1 Å². The minimum atomic E-state index is 0.157. The lowest BCUT2D eigenvalue weighted by Crippen LogP contribution is -2.36. The molecule has 3 nitrogen and oxygen atoms in total. The average molecular weight is 259 g/mol. The molecule has 104 valence electrons. The van der Waals surface area contributed by atoms with Crippen LogP contribution in [-0.4, -0.2) is 18.9 Å². The second-order valence-electron chi connectivity index (χ2n) is 5.62. The van der Waals surface area contributed by atoms with E-state index in [2.05, 4.69) is 24.9 Å². The molecule has 0 spiro atoms. The quantitative estimate of drug-likeness (QED) is 0.643. The van der Waals surface area contributed by atoms with Gasteiger partial charge in [-0.05, 0) is 43.7 Å². The molecule has 1 aliphatic rings. The second-order valence-corrected chi connectivity index (χ2v) is 5.62. The van der Waals surface area contributed by atoms with Crippen molar-refractivity contribution in [2.24, 2.45) is 11.7 Å². The van der Waals surface area contributed by atoms with Crippen molar-refractivity contribution in [3.05, 3.63) is 29.8 Å². The number of hydrogen-bond acceptors (Lipinski definition) is 2. The highest BCUT2D eigenvalue weighted by atomic mass is 15.1. The summed E-state index contributed by atoms with van der Waals surface area (Å²) in [7, 11) is 2.14. The summed E-state index contributed by atoms with van der Waals surface area (Å²) < 4.78 is 0. The lowest BCUT2D eigenvalue weighted by molar-refractivity contribution is 0.313. The molecule has 3 heteroatoms. The van der Waals surface area contributed by atoms with Crippen molar-refractivity contribution in [1.82, 2.24) is 0 Å². The Kier molecular flexibility index (Phi) is 4.46. The maximum Gasteiger partial charge on any atom is 0.124 e. The van der Waals surface area contributed by atoms with Crippen LogP contribution in [0.3, 0.4) is 0 Å². The highest BCUT2D eigenvalue weighted by molar-refractivity contribution is 6.00. The van der Waals surface area contributed by atoms with Crippen molar-refractivity contribution >= 4 is 11.5 Å². The van der Waals surface area contributed by atoms with E-state index < -0.39 is 0 Å². The Bertz CT molecular complexity index is 433. The fraction of sp³-hybridized carbons (Fsp3) is 0.562. The third-order valence-corrected chi connectivity index (χ3v) is 4.52. The summed E-state index contributed by atoms with van der Waals surface area (Å²) in [6.07, 6.45) is 6.46. The Morgan fingerprint density at radius 3 is 2.47 bits per heavy atom. The standard InChI is InChI=1S/C16H25N3/c1-3-12-8-10-13(11-9-12)19(2)15-7-5-4-6-14(15)16(17)18/h4-7,12-13H,3,8-11H2,1-2H3,(H3,17,18). The van der Waals surface area contributed by atoms with Crippen LogP contribution in [0.1, 0.15) is 44.6 Å². The van der Waals surface area contributed by atoms with Gasteiger partial charge >= 0.3 is 0 Å². The van der Waals surface area contributed by atoms with E-state index in [9.17, 15) is 0 Å². The van der Waals surface area contributed by atoms with E-state index in [0.717, 1.165) is 17.2 Å². The molecule has 1 saturated carbocycles. The van der Waals surface area contributed by atoms with Gasteiger partial charge in [-0.25, -0.2) is 0 Å². The van der Waals surface area contributed by atoms with Crippen LogP contribution in [0.15, 0.2) is 24.3 Å². The van der Waals surface area contributed by atoms with Crippen LogP contribution in [-0.2, 0) is 0 Å². The molecular weight excluding hydrogens is 234 g/mol. The molecule has 0 atom stereocenters. The van der Waals surface area contributed by atoms with E-state index in [1.165, 1.54) is 32.1 Å².